The molecule has 1 aliphatic heterocycles. The molecule has 0 fully saturated rings. The van der Waals surface area contributed by atoms with E-state index in [0.29, 0.717) is 35.5 Å². The Hall–Kier alpha value is -3.54. The lowest BCUT2D eigenvalue weighted by molar-refractivity contribution is -0.144. The Morgan fingerprint density at radius 1 is 1.06 bits per heavy atom. The highest BCUT2D eigenvalue weighted by Gasteiger charge is 2.42. The summed E-state index contributed by atoms with van der Waals surface area (Å²) in [7, 11) is 3.22. The standard InChI is InChI=1S/C30H35NO5/c1-7-18(3)36-30(33)27-19(4)31-23-14-21(20-12-13-25(34-5)26(16-20)35-6)15-24(32)29(23)28(27)22-11-9-8-10-17(22)2/h8-13,16,18,21,28,31H,7,14-15H2,1-6H3. The number of hydrogen-bond acceptors (Lipinski definition) is 6. The minimum Gasteiger partial charge on any atom is -0.493 e. The van der Waals surface area contributed by atoms with E-state index in [-0.39, 0.29) is 23.8 Å². The average Bonchev–Trinajstić information content (AvgIpc) is 2.87. The Morgan fingerprint density at radius 2 is 1.78 bits per heavy atom. The lowest BCUT2D eigenvalue weighted by Crippen LogP contribution is -2.36. The van der Waals surface area contributed by atoms with E-state index in [9.17, 15) is 9.59 Å². The van der Waals surface area contributed by atoms with Crippen LogP contribution >= 0.6 is 0 Å². The summed E-state index contributed by atoms with van der Waals surface area (Å²) in [6, 6.07) is 13.8. The lowest BCUT2D eigenvalue weighted by atomic mass is 9.71. The van der Waals surface area contributed by atoms with Crippen molar-refractivity contribution in [3.8, 4) is 11.5 Å². The fraction of sp³-hybridized carbons (Fsp3) is 0.400. The Bertz CT molecular complexity index is 1240. The van der Waals surface area contributed by atoms with Crippen LogP contribution in [0, 0.1) is 6.92 Å². The normalized spacial score (nSPS) is 20.4. The molecule has 2 aromatic carbocycles. The first-order chi connectivity index (χ1) is 17.3. The van der Waals surface area contributed by atoms with Crippen LogP contribution in [0.25, 0.3) is 0 Å². The van der Waals surface area contributed by atoms with Crippen molar-refractivity contribution in [3.63, 3.8) is 0 Å². The molecule has 6 nitrogen and oxygen atoms in total. The summed E-state index contributed by atoms with van der Waals surface area (Å²) in [4.78, 5) is 27.2. The number of methoxy groups -OCH3 is 2. The third kappa shape index (κ3) is 4.77. The van der Waals surface area contributed by atoms with Crippen molar-refractivity contribution in [2.45, 2.75) is 64.9 Å². The molecule has 0 aromatic heterocycles. The molecule has 6 heteroatoms. The summed E-state index contributed by atoms with van der Waals surface area (Å²) >= 11 is 0. The second-order valence-corrected chi connectivity index (χ2v) is 9.61. The van der Waals surface area contributed by atoms with Crippen molar-refractivity contribution >= 4 is 11.8 Å². The number of benzene rings is 2. The monoisotopic (exact) mass is 489 g/mol. The number of nitrogens with one attached hydrogen (secondary N) is 1. The van der Waals surface area contributed by atoms with Crippen LogP contribution in [0.1, 0.15) is 68.6 Å². The maximum atomic E-state index is 13.8. The van der Waals surface area contributed by atoms with Crippen LogP contribution in [-0.4, -0.2) is 32.1 Å². The molecule has 0 bridgehead atoms. The summed E-state index contributed by atoms with van der Waals surface area (Å²) in [6.07, 6.45) is 1.53. The molecule has 4 rings (SSSR count). The van der Waals surface area contributed by atoms with E-state index < -0.39 is 5.92 Å². The summed E-state index contributed by atoms with van der Waals surface area (Å²) in [6.45, 7) is 7.78. The zero-order chi connectivity index (χ0) is 26.0. The molecule has 1 aliphatic carbocycles. The number of ketones is 1. The van der Waals surface area contributed by atoms with Gasteiger partial charge in [0.2, 0.25) is 0 Å². The first-order valence-corrected chi connectivity index (χ1v) is 12.5. The molecule has 1 N–H and O–H groups in total. The number of aryl methyl sites for hydroxylation is 1. The van der Waals surface area contributed by atoms with Crippen molar-refractivity contribution in [2.75, 3.05) is 14.2 Å². The van der Waals surface area contributed by atoms with Crippen LogP contribution in [0.15, 0.2) is 65.0 Å². The third-order valence-electron chi connectivity index (χ3n) is 7.31. The quantitative estimate of drug-likeness (QED) is 0.502. The molecule has 1 heterocycles. The van der Waals surface area contributed by atoms with Crippen LogP contribution in [-0.2, 0) is 14.3 Å². The van der Waals surface area contributed by atoms with Gasteiger partial charge in [0.05, 0.1) is 25.9 Å². The van der Waals surface area contributed by atoms with Crippen molar-refractivity contribution in [1.82, 2.24) is 5.32 Å². The van der Waals surface area contributed by atoms with Gasteiger partial charge < -0.3 is 19.5 Å². The Balaban J connectivity index is 1.77. The Morgan fingerprint density at radius 3 is 2.44 bits per heavy atom. The number of carbonyl (C=O) groups excluding carboxylic acids is 2. The van der Waals surface area contributed by atoms with Gasteiger partial charge in [-0.25, -0.2) is 4.79 Å². The van der Waals surface area contributed by atoms with E-state index in [1.54, 1.807) is 14.2 Å². The zero-order valence-electron chi connectivity index (χ0n) is 21.9. The fourth-order valence-electron chi connectivity index (χ4n) is 5.20. The number of dihydropyridines is 1. The molecular weight excluding hydrogens is 454 g/mol. The highest BCUT2D eigenvalue weighted by atomic mass is 16.5. The molecule has 0 radical (unpaired) electrons. The van der Waals surface area contributed by atoms with Gasteiger partial charge in [0.1, 0.15) is 0 Å². The molecule has 36 heavy (non-hydrogen) atoms. The predicted molar refractivity (Wildman–Crippen MR) is 139 cm³/mol. The number of hydrogen-bond donors (Lipinski definition) is 1. The lowest BCUT2D eigenvalue weighted by Gasteiger charge is -2.37. The van der Waals surface area contributed by atoms with Crippen LogP contribution in [0.3, 0.4) is 0 Å². The summed E-state index contributed by atoms with van der Waals surface area (Å²) < 4.78 is 16.6. The predicted octanol–water partition coefficient (Wildman–Crippen LogP) is 5.72. The second kappa shape index (κ2) is 10.6. The van der Waals surface area contributed by atoms with Gasteiger partial charge in [0, 0.05) is 29.3 Å². The topological polar surface area (TPSA) is 73.9 Å². The van der Waals surface area contributed by atoms with Gasteiger partial charge in [-0.1, -0.05) is 37.3 Å². The number of rotatable bonds is 7. The summed E-state index contributed by atoms with van der Waals surface area (Å²) in [5.41, 5.74) is 5.80. The Labute approximate surface area is 213 Å². The smallest absolute Gasteiger partial charge is 0.337 e. The number of carbonyl (C=O) groups is 2. The van der Waals surface area contributed by atoms with Gasteiger partial charge in [-0.3, -0.25) is 4.79 Å². The fourth-order valence-corrected chi connectivity index (χ4v) is 5.20. The summed E-state index contributed by atoms with van der Waals surface area (Å²) in [5.74, 6) is 0.493. The largest absolute Gasteiger partial charge is 0.493 e. The van der Waals surface area contributed by atoms with Gasteiger partial charge >= 0.3 is 5.97 Å². The second-order valence-electron chi connectivity index (χ2n) is 9.61. The number of allylic oxidation sites excluding steroid dienone is 3. The van der Waals surface area contributed by atoms with E-state index >= 15 is 0 Å². The van der Waals surface area contributed by atoms with Gasteiger partial charge in [0.25, 0.3) is 0 Å². The van der Waals surface area contributed by atoms with E-state index in [1.165, 1.54) is 0 Å². The SMILES string of the molecule is CCC(C)OC(=O)C1=C(C)NC2=C(C(=O)CC(c3ccc(OC)c(OC)c3)C2)C1c1ccccc1C. The highest BCUT2D eigenvalue weighted by molar-refractivity contribution is 6.04. The maximum Gasteiger partial charge on any atom is 0.337 e. The molecule has 0 saturated heterocycles. The average molecular weight is 490 g/mol. The molecule has 0 amide bonds. The Kier molecular flexibility index (Phi) is 7.53. The highest BCUT2D eigenvalue weighted by Crippen LogP contribution is 2.47. The molecule has 0 spiro atoms. The van der Waals surface area contributed by atoms with Crippen molar-refractivity contribution in [1.29, 1.82) is 0 Å². The molecule has 3 unspecified atom stereocenters. The first-order valence-electron chi connectivity index (χ1n) is 12.5. The van der Waals surface area contributed by atoms with E-state index in [1.807, 2.05) is 70.2 Å². The first kappa shape index (κ1) is 25.5. The van der Waals surface area contributed by atoms with Crippen molar-refractivity contribution in [3.05, 3.63) is 81.7 Å². The number of esters is 1. The summed E-state index contributed by atoms with van der Waals surface area (Å²) in [5, 5.41) is 3.42. The van der Waals surface area contributed by atoms with Gasteiger partial charge in [-0.05, 0) is 68.4 Å². The van der Waals surface area contributed by atoms with Crippen LogP contribution < -0.4 is 14.8 Å². The molecule has 2 aliphatic rings. The molecule has 2 aromatic rings. The van der Waals surface area contributed by atoms with Crippen molar-refractivity contribution < 1.29 is 23.8 Å². The van der Waals surface area contributed by atoms with Gasteiger partial charge in [-0.15, -0.1) is 0 Å². The van der Waals surface area contributed by atoms with Gasteiger partial charge in [0.15, 0.2) is 17.3 Å². The van der Waals surface area contributed by atoms with E-state index in [2.05, 4.69) is 5.32 Å². The van der Waals surface area contributed by atoms with E-state index in [4.69, 9.17) is 14.2 Å². The third-order valence-corrected chi connectivity index (χ3v) is 7.31. The van der Waals surface area contributed by atoms with Crippen molar-refractivity contribution in [2.24, 2.45) is 0 Å². The zero-order valence-corrected chi connectivity index (χ0v) is 21.9. The molecule has 0 saturated carbocycles. The minimum atomic E-state index is -0.460. The van der Waals surface area contributed by atoms with E-state index in [0.717, 1.165) is 34.5 Å². The van der Waals surface area contributed by atoms with Crippen LogP contribution in [0.2, 0.25) is 0 Å². The number of Topliss-reactive ketones (excluding diaryl/α,β-unsaturated/α-hetero) is 1. The minimum absolute atomic E-state index is 0.0116. The molecule has 190 valence electrons. The van der Waals surface area contributed by atoms with Gasteiger partial charge in [-0.2, -0.15) is 0 Å². The molecule has 3 atom stereocenters. The molecular formula is C30H35NO5. The number of ether oxygens (including phenoxy) is 3. The maximum absolute atomic E-state index is 13.8. The van der Waals surface area contributed by atoms with Crippen LogP contribution in [0.5, 0.6) is 11.5 Å². The van der Waals surface area contributed by atoms with Crippen LogP contribution in [0.4, 0.5) is 0 Å².